The summed E-state index contributed by atoms with van der Waals surface area (Å²) >= 11 is 1.26. The summed E-state index contributed by atoms with van der Waals surface area (Å²) in [5, 5.41) is 14.5. The number of hydrogen-bond acceptors (Lipinski definition) is 6. The zero-order chi connectivity index (χ0) is 23.2. The normalized spacial score (nSPS) is 10.6. The number of benzene rings is 2. The maximum Gasteiger partial charge on any atom is 0.255 e. The van der Waals surface area contributed by atoms with Crippen LogP contribution in [-0.2, 0) is 11.8 Å². The Morgan fingerprint density at radius 2 is 1.76 bits per heavy atom. The number of anilines is 2. The molecule has 2 N–H and O–H groups in total. The van der Waals surface area contributed by atoms with Crippen molar-refractivity contribution in [1.29, 1.82) is 0 Å². The van der Waals surface area contributed by atoms with E-state index < -0.39 is 5.82 Å². The summed E-state index contributed by atoms with van der Waals surface area (Å²) in [5.74, 6) is -0.224. The fourth-order valence-corrected chi connectivity index (χ4v) is 3.70. The van der Waals surface area contributed by atoms with Crippen molar-refractivity contribution >= 4 is 35.0 Å². The monoisotopic (exact) mass is 462 g/mol. The Labute approximate surface area is 193 Å². The summed E-state index contributed by atoms with van der Waals surface area (Å²) in [5.41, 5.74) is 2.20. The van der Waals surface area contributed by atoms with Gasteiger partial charge in [-0.1, -0.05) is 17.8 Å². The van der Waals surface area contributed by atoms with Gasteiger partial charge in [0, 0.05) is 41.9 Å². The molecular formula is C23H19FN6O2S. The van der Waals surface area contributed by atoms with Crippen molar-refractivity contribution in [3.05, 3.63) is 84.4 Å². The van der Waals surface area contributed by atoms with Crippen molar-refractivity contribution in [1.82, 2.24) is 19.7 Å². The number of nitrogens with one attached hydrogen (secondary N) is 2. The van der Waals surface area contributed by atoms with E-state index in [2.05, 4.69) is 25.8 Å². The van der Waals surface area contributed by atoms with Crippen LogP contribution in [0.2, 0.25) is 0 Å². The van der Waals surface area contributed by atoms with E-state index in [4.69, 9.17) is 0 Å². The Kier molecular flexibility index (Phi) is 6.75. The van der Waals surface area contributed by atoms with E-state index in [-0.39, 0.29) is 17.6 Å². The SMILES string of the molecule is Cn1c(SCC(=O)Nc2cccc(NC(=O)c3ccc(F)cc3)c2)nnc1-c1cccnc1. The van der Waals surface area contributed by atoms with Crippen LogP contribution in [0, 0.1) is 5.82 Å². The highest BCUT2D eigenvalue weighted by atomic mass is 32.2. The molecule has 0 bridgehead atoms. The third-order valence-electron chi connectivity index (χ3n) is 4.60. The Balaban J connectivity index is 1.34. The molecule has 2 aromatic carbocycles. The van der Waals surface area contributed by atoms with Crippen LogP contribution >= 0.6 is 11.8 Å². The molecule has 0 aliphatic heterocycles. The summed E-state index contributed by atoms with van der Waals surface area (Å²) in [6, 6.07) is 15.7. The minimum Gasteiger partial charge on any atom is -0.325 e. The minimum absolute atomic E-state index is 0.130. The molecule has 166 valence electrons. The van der Waals surface area contributed by atoms with Crippen LogP contribution in [0.4, 0.5) is 15.8 Å². The second-order valence-electron chi connectivity index (χ2n) is 6.99. The van der Waals surface area contributed by atoms with Gasteiger partial charge in [0.1, 0.15) is 5.82 Å². The first-order chi connectivity index (χ1) is 16.0. The van der Waals surface area contributed by atoms with Crippen LogP contribution < -0.4 is 10.6 Å². The number of nitrogens with zero attached hydrogens (tertiary/aromatic N) is 4. The van der Waals surface area contributed by atoms with Gasteiger partial charge in [0.15, 0.2) is 11.0 Å². The summed E-state index contributed by atoms with van der Waals surface area (Å²) in [4.78, 5) is 28.8. The number of rotatable bonds is 7. The molecule has 0 saturated heterocycles. The lowest BCUT2D eigenvalue weighted by molar-refractivity contribution is -0.113. The first kappa shape index (κ1) is 22.2. The van der Waals surface area contributed by atoms with Gasteiger partial charge in [0.05, 0.1) is 5.75 Å². The fourth-order valence-electron chi connectivity index (χ4n) is 2.99. The predicted molar refractivity (Wildman–Crippen MR) is 124 cm³/mol. The topological polar surface area (TPSA) is 102 Å². The molecule has 0 aliphatic rings. The maximum atomic E-state index is 13.0. The molecule has 33 heavy (non-hydrogen) atoms. The molecule has 2 heterocycles. The quantitative estimate of drug-likeness (QED) is 0.403. The van der Waals surface area contributed by atoms with E-state index in [1.165, 1.54) is 36.0 Å². The predicted octanol–water partition coefficient (Wildman–Crippen LogP) is 4.00. The van der Waals surface area contributed by atoms with Gasteiger partial charge in [-0.25, -0.2) is 4.39 Å². The van der Waals surface area contributed by atoms with Crippen molar-refractivity contribution in [3.63, 3.8) is 0 Å². The average Bonchev–Trinajstić information content (AvgIpc) is 3.19. The zero-order valence-electron chi connectivity index (χ0n) is 17.5. The van der Waals surface area contributed by atoms with E-state index >= 15 is 0 Å². The lowest BCUT2D eigenvalue weighted by atomic mass is 10.2. The van der Waals surface area contributed by atoms with E-state index in [1.54, 1.807) is 41.2 Å². The van der Waals surface area contributed by atoms with Crippen LogP contribution in [-0.4, -0.2) is 37.3 Å². The standard InChI is InChI=1S/C23H19FN6O2S/c1-30-21(16-4-3-11-25-13-16)28-29-23(30)33-14-20(31)26-18-5-2-6-19(12-18)27-22(32)15-7-9-17(24)10-8-15/h2-13H,14H2,1H3,(H,26,31)(H,27,32). The van der Waals surface area contributed by atoms with Crippen LogP contribution in [0.3, 0.4) is 0 Å². The third kappa shape index (κ3) is 5.60. The Bertz CT molecular complexity index is 1280. The molecular weight excluding hydrogens is 443 g/mol. The number of hydrogen-bond donors (Lipinski definition) is 2. The molecule has 0 fully saturated rings. The lowest BCUT2D eigenvalue weighted by Gasteiger charge is -2.09. The number of pyridine rings is 1. The van der Waals surface area contributed by atoms with Gasteiger partial charge in [-0.3, -0.25) is 14.6 Å². The largest absolute Gasteiger partial charge is 0.325 e. The number of aromatic nitrogens is 4. The highest BCUT2D eigenvalue weighted by molar-refractivity contribution is 7.99. The molecule has 2 aromatic heterocycles. The van der Waals surface area contributed by atoms with Crippen molar-refractivity contribution in [2.24, 2.45) is 7.05 Å². The first-order valence-electron chi connectivity index (χ1n) is 9.89. The highest BCUT2D eigenvalue weighted by Gasteiger charge is 2.13. The van der Waals surface area contributed by atoms with E-state index in [0.29, 0.717) is 27.9 Å². The molecule has 0 radical (unpaired) electrons. The summed E-state index contributed by atoms with van der Waals surface area (Å²) < 4.78 is 14.8. The summed E-state index contributed by atoms with van der Waals surface area (Å²) in [6.45, 7) is 0. The smallest absolute Gasteiger partial charge is 0.255 e. The maximum absolute atomic E-state index is 13.0. The van der Waals surface area contributed by atoms with Crippen molar-refractivity contribution < 1.29 is 14.0 Å². The Hall–Kier alpha value is -4.05. The third-order valence-corrected chi connectivity index (χ3v) is 5.62. The van der Waals surface area contributed by atoms with Crippen LogP contribution in [0.15, 0.2) is 78.2 Å². The van der Waals surface area contributed by atoms with Crippen LogP contribution in [0.1, 0.15) is 10.4 Å². The second-order valence-corrected chi connectivity index (χ2v) is 7.93. The number of thioether (sulfide) groups is 1. The van der Waals surface area contributed by atoms with Gasteiger partial charge in [0.2, 0.25) is 5.91 Å². The molecule has 0 atom stereocenters. The number of halogens is 1. The van der Waals surface area contributed by atoms with Gasteiger partial charge in [-0.15, -0.1) is 10.2 Å². The lowest BCUT2D eigenvalue weighted by Crippen LogP contribution is -2.15. The molecule has 4 rings (SSSR count). The van der Waals surface area contributed by atoms with Crippen LogP contribution in [0.25, 0.3) is 11.4 Å². The molecule has 0 saturated carbocycles. The van der Waals surface area contributed by atoms with E-state index in [9.17, 15) is 14.0 Å². The molecule has 2 amide bonds. The van der Waals surface area contributed by atoms with Gasteiger partial charge < -0.3 is 15.2 Å². The van der Waals surface area contributed by atoms with Gasteiger partial charge in [-0.05, 0) is 54.6 Å². The number of carbonyl (C=O) groups is 2. The van der Waals surface area contributed by atoms with Crippen molar-refractivity contribution in [2.75, 3.05) is 16.4 Å². The fraction of sp³-hybridized carbons (Fsp3) is 0.0870. The second kappa shape index (κ2) is 10.0. The van der Waals surface area contributed by atoms with Gasteiger partial charge in [0.25, 0.3) is 5.91 Å². The number of carbonyl (C=O) groups excluding carboxylic acids is 2. The van der Waals surface area contributed by atoms with E-state index in [0.717, 1.165) is 5.56 Å². The van der Waals surface area contributed by atoms with Crippen LogP contribution in [0.5, 0.6) is 0 Å². The summed E-state index contributed by atoms with van der Waals surface area (Å²) in [7, 11) is 1.83. The molecule has 8 nitrogen and oxygen atoms in total. The summed E-state index contributed by atoms with van der Waals surface area (Å²) in [6.07, 6.45) is 3.39. The zero-order valence-corrected chi connectivity index (χ0v) is 18.3. The van der Waals surface area contributed by atoms with Crippen molar-refractivity contribution in [2.45, 2.75) is 5.16 Å². The minimum atomic E-state index is -0.413. The molecule has 4 aromatic rings. The molecule has 10 heteroatoms. The first-order valence-corrected chi connectivity index (χ1v) is 10.9. The molecule has 0 aliphatic carbocycles. The van der Waals surface area contributed by atoms with Crippen molar-refractivity contribution in [3.8, 4) is 11.4 Å². The Morgan fingerprint density at radius 1 is 1.00 bits per heavy atom. The molecule has 0 spiro atoms. The van der Waals surface area contributed by atoms with Gasteiger partial charge >= 0.3 is 0 Å². The van der Waals surface area contributed by atoms with E-state index in [1.807, 2.05) is 19.2 Å². The Morgan fingerprint density at radius 3 is 2.48 bits per heavy atom. The average molecular weight is 463 g/mol. The molecule has 0 unspecified atom stereocenters. The number of amides is 2. The highest BCUT2D eigenvalue weighted by Crippen LogP contribution is 2.22. The van der Waals surface area contributed by atoms with Gasteiger partial charge in [-0.2, -0.15) is 0 Å².